The molecular weight excluding hydrogens is 418 g/mol. The maximum Gasteiger partial charge on any atom is 0.270 e. The fourth-order valence-electron chi connectivity index (χ4n) is 4.12. The van der Waals surface area contributed by atoms with Crippen molar-refractivity contribution in [2.75, 3.05) is 32.5 Å². The van der Waals surface area contributed by atoms with Gasteiger partial charge in [0, 0.05) is 42.0 Å². The summed E-state index contributed by atoms with van der Waals surface area (Å²) in [6.07, 6.45) is 5.50. The highest BCUT2D eigenvalue weighted by Crippen LogP contribution is 2.30. The summed E-state index contributed by atoms with van der Waals surface area (Å²) in [6, 6.07) is 10.7. The summed E-state index contributed by atoms with van der Waals surface area (Å²) in [7, 11) is 3.90. The van der Waals surface area contributed by atoms with Crippen LogP contribution in [0.3, 0.4) is 0 Å². The van der Waals surface area contributed by atoms with E-state index in [2.05, 4.69) is 20.6 Å². The molecule has 33 heavy (non-hydrogen) atoms. The van der Waals surface area contributed by atoms with Crippen LogP contribution in [0.4, 0.5) is 11.6 Å². The number of carbonyl (C=O) groups is 1. The first-order chi connectivity index (χ1) is 16.0. The van der Waals surface area contributed by atoms with Crippen LogP contribution in [0.5, 0.6) is 0 Å². The molecule has 0 radical (unpaired) electrons. The first-order valence-corrected chi connectivity index (χ1v) is 11.1. The van der Waals surface area contributed by atoms with Crippen LogP contribution in [-0.4, -0.2) is 52.5 Å². The molecule has 1 aliphatic rings. The SMILES string of the molecule is CN(C)CCNC(=O)c1cccc(Nc2ncc3cc(C#N)c(=O)n(C4CCCC4)c3n2)c1. The minimum Gasteiger partial charge on any atom is -0.351 e. The Labute approximate surface area is 192 Å². The number of rotatable bonds is 7. The quantitative estimate of drug-likeness (QED) is 0.574. The molecule has 0 saturated heterocycles. The highest BCUT2D eigenvalue weighted by molar-refractivity contribution is 5.95. The van der Waals surface area contributed by atoms with E-state index in [-0.39, 0.29) is 23.1 Å². The Bertz CT molecular complexity index is 1270. The second-order valence-corrected chi connectivity index (χ2v) is 8.52. The van der Waals surface area contributed by atoms with Crippen molar-refractivity contribution in [2.45, 2.75) is 31.7 Å². The van der Waals surface area contributed by atoms with E-state index >= 15 is 0 Å². The van der Waals surface area contributed by atoms with E-state index in [0.717, 1.165) is 32.2 Å². The van der Waals surface area contributed by atoms with Crippen LogP contribution >= 0.6 is 0 Å². The molecule has 1 aromatic carbocycles. The average molecular weight is 446 g/mol. The summed E-state index contributed by atoms with van der Waals surface area (Å²) >= 11 is 0. The first-order valence-electron chi connectivity index (χ1n) is 11.1. The largest absolute Gasteiger partial charge is 0.351 e. The smallest absolute Gasteiger partial charge is 0.270 e. The van der Waals surface area contributed by atoms with Crippen LogP contribution in [0.15, 0.2) is 41.3 Å². The Balaban J connectivity index is 1.62. The van der Waals surface area contributed by atoms with Crippen LogP contribution in [0.2, 0.25) is 0 Å². The molecule has 1 aliphatic carbocycles. The molecule has 0 aliphatic heterocycles. The predicted octanol–water partition coefficient (Wildman–Crippen LogP) is 2.81. The minimum atomic E-state index is -0.307. The Morgan fingerprint density at radius 3 is 2.79 bits per heavy atom. The van der Waals surface area contributed by atoms with Gasteiger partial charge < -0.3 is 15.5 Å². The molecule has 1 saturated carbocycles. The number of amides is 1. The number of likely N-dealkylation sites (N-methyl/N-ethyl adjacent to an activating group) is 1. The summed E-state index contributed by atoms with van der Waals surface area (Å²) in [5.41, 5.74) is 1.50. The number of pyridine rings is 1. The second kappa shape index (κ2) is 9.79. The maximum absolute atomic E-state index is 12.9. The minimum absolute atomic E-state index is 0.0326. The lowest BCUT2D eigenvalue weighted by Gasteiger charge is -2.17. The molecule has 9 heteroatoms. The van der Waals surface area contributed by atoms with Crippen molar-refractivity contribution in [1.82, 2.24) is 24.8 Å². The van der Waals surface area contributed by atoms with Crippen molar-refractivity contribution in [2.24, 2.45) is 0 Å². The zero-order valence-corrected chi connectivity index (χ0v) is 18.8. The number of carbonyl (C=O) groups excluding carboxylic acids is 1. The fraction of sp³-hybridized carbons (Fsp3) is 0.375. The third kappa shape index (κ3) is 5.02. The summed E-state index contributed by atoms with van der Waals surface area (Å²) in [5.74, 6) is 0.169. The topological polar surface area (TPSA) is 116 Å². The van der Waals surface area contributed by atoms with Crippen molar-refractivity contribution in [3.8, 4) is 6.07 Å². The van der Waals surface area contributed by atoms with Gasteiger partial charge in [0.25, 0.3) is 11.5 Å². The van der Waals surface area contributed by atoms with Crippen LogP contribution in [-0.2, 0) is 0 Å². The van der Waals surface area contributed by atoms with E-state index in [1.165, 1.54) is 0 Å². The van der Waals surface area contributed by atoms with E-state index in [0.29, 0.717) is 34.8 Å². The lowest BCUT2D eigenvalue weighted by molar-refractivity contribution is 0.0951. The van der Waals surface area contributed by atoms with Crippen molar-refractivity contribution in [1.29, 1.82) is 5.26 Å². The van der Waals surface area contributed by atoms with E-state index in [4.69, 9.17) is 0 Å². The number of hydrogen-bond acceptors (Lipinski definition) is 7. The van der Waals surface area contributed by atoms with Gasteiger partial charge in [0.05, 0.1) is 0 Å². The summed E-state index contributed by atoms with van der Waals surface area (Å²) in [5, 5.41) is 16.1. The van der Waals surface area contributed by atoms with E-state index in [9.17, 15) is 14.9 Å². The number of anilines is 2. The van der Waals surface area contributed by atoms with Gasteiger partial charge in [-0.2, -0.15) is 10.2 Å². The zero-order valence-electron chi connectivity index (χ0n) is 18.8. The van der Waals surface area contributed by atoms with Crippen LogP contribution in [0.25, 0.3) is 11.0 Å². The lowest BCUT2D eigenvalue weighted by atomic mass is 10.2. The highest BCUT2D eigenvalue weighted by atomic mass is 16.1. The molecule has 2 N–H and O–H groups in total. The number of nitrogens with one attached hydrogen (secondary N) is 2. The number of aromatic nitrogens is 3. The summed E-state index contributed by atoms with van der Waals surface area (Å²) in [6.45, 7) is 1.31. The van der Waals surface area contributed by atoms with Crippen molar-refractivity contribution in [3.05, 3.63) is 58.0 Å². The maximum atomic E-state index is 12.9. The van der Waals surface area contributed by atoms with Crippen LogP contribution in [0.1, 0.15) is 47.6 Å². The first kappa shape index (κ1) is 22.4. The van der Waals surface area contributed by atoms with Gasteiger partial charge in [0.15, 0.2) is 0 Å². The molecule has 170 valence electrons. The molecule has 1 fully saturated rings. The van der Waals surface area contributed by atoms with Gasteiger partial charge in [-0.1, -0.05) is 18.9 Å². The Morgan fingerprint density at radius 1 is 1.27 bits per heavy atom. The number of nitriles is 1. The average Bonchev–Trinajstić information content (AvgIpc) is 3.33. The molecule has 4 rings (SSSR count). The molecule has 1 amide bonds. The van der Waals surface area contributed by atoms with Crippen LogP contribution < -0.4 is 16.2 Å². The molecule has 0 atom stereocenters. The highest BCUT2D eigenvalue weighted by Gasteiger charge is 2.22. The molecule has 3 aromatic rings. The Morgan fingerprint density at radius 2 is 2.06 bits per heavy atom. The third-order valence-corrected chi connectivity index (χ3v) is 5.81. The Hall–Kier alpha value is -3.77. The molecule has 2 heterocycles. The van der Waals surface area contributed by atoms with Crippen LogP contribution in [0, 0.1) is 11.3 Å². The van der Waals surface area contributed by atoms with E-state index in [1.54, 1.807) is 35.0 Å². The van der Waals surface area contributed by atoms with E-state index < -0.39 is 0 Å². The fourth-order valence-corrected chi connectivity index (χ4v) is 4.12. The third-order valence-electron chi connectivity index (χ3n) is 5.81. The number of benzene rings is 1. The lowest BCUT2D eigenvalue weighted by Crippen LogP contribution is -2.31. The van der Waals surface area contributed by atoms with Gasteiger partial charge >= 0.3 is 0 Å². The number of hydrogen-bond donors (Lipinski definition) is 2. The molecular formula is C24H27N7O2. The number of nitrogens with zero attached hydrogens (tertiary/aromatic N) is 5. The number of fused-ring (bicyclic) bond motifs is 1. The van der Waals surface area contributed by atoms with Gasteiger partial charge in [-0.3, -0.25) is 14.2 Å². The van der Waals surface area contributed by atoms with Gasteiger partial charge in [0.2, 0.25) is 5.95 Å². The summed E-state index contributed by atoms with van der Waals surface area (Å²) in [4.78, 5) is 36.4. The second-order valence-electron chi connectivity index (χ2n) is 8.52. The molecule has 0 spiro atoms. The molecule has 2 aromatic heterocycles. The van der Waals surface area contributed by atoms with Gasteiger partial charge in [-0.25, -0.2) is 4.98 Å². The van der Waals surface area contributed by atoms with Gasteiger partial charge in [-0.15, -0.1) is 0 Å². The normalized spacial score (nSPS) is 13.9. The van der Waals surface area contributed by atoms with Crippen molar-refractivity contribution < 1.29 is 4.79 Å². The van der Waals surface area contributed by atoms with E-state index in [1.807, 2.05) is 31.1 Å². The van der Waals surface area contributed by atoms with Crippen molar-refractivity contribution in [3.63, 3.8) is 0 Å². The Kier molecular flexibility index (Phi) is 6.66. The van der Waals surface area contributed by atoms with Crippen molar-refractivity contribution >= 4 is 28.6 Å². The standard InChI is InChI=1S/C24H27N7O2/c1-30(2)11-10-26-22(32)16-6-5-7-19(13-16)28-24-27-15-18-12-17(14-25)23(33)31(21(18)29-24)20-8-3-4-9-20/h5-7,12-13,15,20H,3-4,8-11H2,1-2H3,(H,26,32)(H,27,28,29). The van der Waals surface area contributed by atoms with Gasteiger partial charge in [-0.05, 0) is 51.2 Å². The molecule has 9 nitrogen and oxygen atoms in total. The molecule has 0 unspecified atom stereocenters. The predicted molar refractivity (Wildman–Crippen MR) is 127 cm³/mol. The zero-order chi connectivity index (χ0) is 23.4. The molecule has 0 bridgehead atoms. The van der Waals surface area contributed by atoms with Gasteiger partial charge in [0.1, 0.15) is 17.3 Å². The monoisotopic (exact) mass is 445 g/mol. The summed E-state index contributed by atoms with van der Waals surface area (Å²) < 4.78 is 1.66.